The van der Waals surface area contributed by atoms with E-state index < -0.39 is 0 Å². The molecule has 0 bridgehead atoms. The fourth-order valence-electron chi connectivity index (χ4n) is 7.53. The molecule has 0 aliphatic carbocycles. The molecule has 2 saturated heterocycles. The second kappa shape index (κ2) is 17.2. The van der Waals surface area contributed by atoms with Crippen molar-refractivity contribution in [2.75, 3.05) is 31.5 Å². The number of nitrogens with zero attached hydrogens (tertiary/aromatic N) is 12. The van der Waals surface area contributed by atoms with Gasteiger partial charge in [0, 0.05) is 87.1 Å². The number of rotatable bonds is 7. The molecule has 9 heterocycles. The molecule has 7 aromatic heterocycles. The second-order valence-corrected chi connectivity index (χ2v) is 15.8. The van der Waals surface area contributed by atoms with Crippen LogP contribution in [0.5, 0.6) is 0 Å². The van der Waals surface area contributed by atoms with Crippen LogP contribution in [0.25, 0.3) is 44.3 Å². The van der Waals surface area contributed by atoms with E-state index in [0.29, 0.717) is 34.8 Å². The fourth-order valence-corrected chi connectivity index (χ4v) is 7.68. The Morgan fingerprint density at radius 1 is 0.644 bits per heavy atom. The van der Waals surface area contributed by atoms with E-state index in [-0.39, 0.29) is 11.8 Å². The lowest BCUT2D eigenvalue weighted by molar-refractivity contribution is -0.130. The maximum Gasteiger partial charge on any atom is 0.219 e. The summed E-state index contributed by atoms with van der Waals surface area (Å²) < 4.78 is 4.02. The Balaban J connectivity index is 0.000000172. The van der Waals surface area contributed by atoms with Gasteiger partial charge in [-0.15, -0.1) is 5.10 Å². The largest absolute Gasteiger partial charge is 0.343 e. The van der Waals surface area contributed by atoms with Gasteiger partial charge in [0.25, 0.3) is 0 Å². The standard InChI is InChI=1S/C25H28N8O.C18H18ClN5O/c1-16(2)18-11-25(31-27-13-18)30-24-5-4-22-23(29-24)10-19(12-26-22)20-14-28-33(15-20)21-6-8-32(9-7-21)17(3)34;1-12(25)23-6-4-15(5-7-23)24-11-14(10-21-24)13-8-17-16(20-9-13)2-3-18(19)22-17/h4-5,10-16,21H,6-9H2,1-3H3,(H,29,30,31);2-3,8-11,15H,4-7H2,1H3. The summed E-state index contributed by atoms with van der Waals surface area (Å²) in [6.07, 6.45) is 17.0. The van der Waals surface area contributed by atoms with Crippen LogP contribution in [-0.4, -0.2) is 97.5 Å². The predicted octanol–water partition coefficient (Wildman–Crippen LogP) is 7.66. The Kier molecular flexibility index (Phi) is 11.5. The molecular formula is C43H46ClN13O2. The van der Waals surface area contributed by atoms with Crippen LogP contribution in [0.15, 0.2) is 85.8 Å². The van der Waals surface area contributed by atoms with Crippen molar-refractivity contribution < 1.29 is 9.59 Å². The lowest BCUT2D eigenvalue weighted by atomic mass is 10.1. The molecule has 0 atom stereocenters. The smallest absolute Gasteiger partial charge is 0.219 e. The molecule has 59 heavy (non-hydrogen) atoms. The molecule has 2 aliphatic heterocycles. The Labute approximate surface area is 346 Å². The van der Waals surface area contributed by atoms with Gasteiger partial charge in [-0.1, -0.05) is 25.4 Å². The molecule has 302 valence electrons. The molecule has 0 radical (unpaired) electrons. The van der Waals surface area contributed by atoms with Gasteiger partial charge in [0.1, 0.15) is 11.0 Å². The molecule has 1 N–H and O–H groups in total. The van der Waals surface area contributed by atoms with E-state index in [1.54, 1.807) is 26.1 Å². The third-order valence-corrected chi connectivity index (χ3v) is 11.3. The lowest BCUT2D eigenvalue weighted by Gasteiger charge is -2.31. The first-order valence-electron chi connectivity index (χ1n) is 19.9. The predicted molar refractivity (Wildman–Crippen MR) is 227 cm³/mol. The molecule has 0 saturated carbocycles. The Morgan fingerprint density at radius 3 is 1.69 bits per heavy atom. The molecule has 0 spiro atoms. The van der Waals surface area contributed by atoms with Crippen LogP contribution in [0.4, 0.5) is 11.6 Å². The topological polar surface area (TPSA) is 166 Å². The molecule has 15 nitrogen and oxygen atoms in total. The molecule has 2 fully saturated rings. The molecule has 0 aromatic carbocycles. The van der Waals surface area contributed by atoms with Crippen molar-refractivity contribution in [2.24, 2.45) is 0 Å². The number of anilines is 2. The first kappa shape index (κ1) is 39.5. The number of likely N-dealkylation sites (tertiary alicyclic amines) is 2. The number of carbonyl (C=O) groups is 2. The number of halogens is 1. The number of carbonyl (C=O) groups excluding carboxylic acids is 2. The van der Waals surface area contributed by atoms with Gasteiger partial charge in [0.2, 0.25) is 11.8 Å². The number of fused-ring (bicyclic) bond motifs is 2. The van der Waals surface area contributed by atoms with Crippen molar-refractivity contribution >= 4 is 57.1 Å². The van der Waals surface area contributed by atoms with Crippen LogP contribution in [0.2, 0.25) is 5.15 Å². The number of amides is 2. The Bertz CT molecular complexity index is 2610. The number of nitrogens with one attached hydrogen (secondary N) is 1. The lowest BCUT2D eigenvalue weighted by Crippen LogP contribution is -2.37. The van der Waals surface area contributed by atoms with Crippen LogP contribution in [-0.2, 0) is 9.59 Å². The second-order valence-electron chi connectivity index (χ2n) is 15.4. The highest BCUT2D eigenvalue weighted by molar-refractivity contribution is 6.29. The van der Waals surface area contributed by atoms with E-state index in [2.05, 4.69) is 60.7 Å². The van der Waals surface area contributed by atoms with Crippen molar-refractivity contribution in [2.45, 2.75) is 71.4 Å². The van der Waals surface area contributed by atoms with Crippen molar-refractivity contribution in [1.82, 2.24) is 59.5 Å². The fraction of sp³-hybridized carbons (Fsp3) is 0.349. The average molecular weight is 812 g/mol. The van der Waals surface area contributed by atoms with Crippen LogP contribution in [0.1, 0.15) is 76.9 Å². The van der Waals surface area contributed by atoms with Crippen molar-refractivity contribution in [1.29, 1.82) is 0 Å². The monoisotopic (exact) mass is 811 g/mol. The van der Waals surface area contributed by atoms with Crippen molar-refractivity contribution in [3.63, 3.8) is 0 Å². The first-order valence-corrected chi connectivity index (χ1v) is 20.3. The number of piperidine rings is 2. The molecule has 2 amide bonds. The highest BCUT2D eigenvalue weighted by Gasteiger charge is 2.24. The summed E-state index contributed by atoms with van der Waals surface area (Å²) in [7, 11) is 0. The summed E-state index contributed by atoms with van der Waals surface area (Å²) >= 11 is 5.97. The number of aromatic nitrogens is 10. The summed E-state index contributed by atoms with van der Waals surface area (Å²) in [6, 6.07) is 14.1. The summed E-state index contributed by atoms with van der Waals surface area (Å²) in [5, 5.41) is 21.1. The van der Waals surface area contributed by atoms with Crippen LogP contribution >= 0.6 is 11.6 Å². The molecule has 16 heteroatoms. The van der Waals surface area contributed by atoms with Gasteiger partial charge in [-0.25, -0.2) is 9.97 Å². The Hall–Kier alpha value is -6.35. The minimum absolute atomic E-state index is 0.142. The van der Waals surface area contributed by atoms with Gasteiger partial charge in [-0.2, -0.15) is 15.3 Å². The first-order chi connectivity index (χ1) is 28.6. The van der Waals surface area contributed by atoms with E-state index in [4.69, 9.17) is 16.6 Å². The van der Waals surface area contributed by atoms with E-state index in [9.17, 15) is 9.59 Å². The van der Waals surface area contributed by atoms with E-state index in [0.717, 1.165) is 102 Å². The minimum atomic E-state index is 0.142. The maximum absolute atomic E-state index is 11.6. The average Bonchev–Trinajstić information content (AvgIpc) is 3.95. The van der Waals surface area contributed by atoms with Gasteiger partial charge >= 0.3 is 0 Å². The van der Waals surface area contributed by atoms with Crippen molar-refractivity contribution in [3.8, 4) is 22.3 Å². The molecule has 0 unspecified atom stereocenters. The normalized spacial score (nSPS) is 15.1. The third-order valence-electron chi connectivity index (χ3n) is 11.1. The molecule has 9 rings (SSSR count). The third kappa shape index (κ3) is 9.20. The minimum Gasteiger partial charge on any atom is -0.343 e. The van der Waals surface area contributed by atoms with Crippen molar-refractivity contribution in [3.05, 3.63) is 96.6 Å². The molecule has 2 aliphatic rings. The van der Waals surface area contributed by atoms with E-state index >= 15 is 0 Å². The highest BCUT2D eigenvalue weighted by atomic mass is 35.5. The van der Waals surface area contributed by atoms with Crippen LogP contribution in [0, 0.1) is 0 Å². The van der Waals surface area contributed by atoms with Gasteiger partial charge in [-0.3, -0.25) is 28.9 Å². The van der Waals surface area contributed by atoms with Crippen LogP contribution < -0.4 is 5.32 Å². The number of hydrogen-bond donors (Lipinski definition) is 1. The SMILES string of the molecule is CC(=O)N1CCC(n2cc(-c3cnc4ccc(Cl)nc4c3)cn2)CC1.CC(=O)N1CCC(n2cc(-c3cnc4ccc(Nc5cc(C(C)C)cnn5)nc4c3)cn2)CC1. The van der Waals surface area contributed by atoms with E-state index in [1.165, 1.54) is 0 Å². The van der Waals surface area contributed by atoms with Crippen LogP contribution in [0.3, 0.4) is 0 Å². The Morgan fingerprint density at radius 2 is 1.17 bits per heavy atom. The van der Waals surface area contributed by atoms with Gasteiger partial charge in [-0.05, 0) is 79.6 Å². The van der Waals surface area contributed by atoms with E-state index in [1.807, 2.05) is 86.5 Å². The number of hydrogen-bond acceptors (Lipinski definition) is 11. The summed E-state index contributed by atoms with van der Waals surface area (Å²) in [5.74, 6) is 2.01. The number of pyridine rings is 4. The zero-order chi connectivity index (χ0) is 41.0. The summed E-state index contributed by atoms with van der Waals surface area (Å²) in [4.78, 5) is 44.9. The highest BCUT2D eigenvalue weighted by Crippen LogP contribution is 2.29. The molecule has 7 aromatic rings. The molecular weight excluding hydrogens is 766 g/mol. The zero-order valence-electron chi connectivity index (χ0n) is 33.5. The van der Waals surface area contributed by atoms with Gasteiger partial charge in [0.15, 0.2) is 5.82 Å². The quantitative estimate of drug-likeness (QED) is 0.157. The summed E-state index contributed by atoms with van der Waals surface area (Å²) in [5.41, 5.74) is 8.25. The summed E-state index contributed by atoms with van der Waals surface area (Å²) in [6.45, 7) is 10.6. The van der Waals surface area contributed by atoms with Gasteiger partial charge < -0.3 is 15.1 Å². The van der Waals surface area contributed by atoms with Gasteiger partial charge in [0.05, 0.1) is 52.7 Å². The maximum atomic E-state index is 11.6. The zero-order valence-corrected chi connectivity index (χ0v) is 34.3.